The number of rotatable bonds is 6. The fourth-order valence-corrected chi connectivity index (χ4v) is 3.25. The molecule has 2 aromatic carbocycles. The van der Waals surface area contributed by atoms with Crippen molar-refractivity contribution in [2.24, 2.45) is 0 Å². The number of amides is 1. The van der Waals surface area contributed by atoms with E-state index < -0.39 is 39.2 Å². The monoisotopic (exact) mass is 398 g/mol. The molecule has 0 aliphatic carbocycles. The predicted octanol–water partition coefficient (Wildman–Crippen LogP) is 5.18. The van der Waals surface area contributed by atoms with Gasteiger partial charge in [-0.05, 0) is 31.0 Å². The molecule has 0 bridgehead atoms. The fourth-order valence-electron chi connectivity index (χ4n) is 2.29. The van der Waals surface area contributed by atoms with Gasteiger partial charge in [-0.1, -0.05) is 24.3 Å². The Morgan fingerprint density at radius 3 is 2.52 bits per heavy atom. The summed E-state index contributed by atoms with van der Waals surface area (Å²) in [7, 11) is 0. The second kappa shape index (κ2) is 8.43. The van der Waals surface area contributed by atoms with E-state index in [9.17, 15) is 28.1 Å². The molecule has 0 spiro atoms. The SMILES string of the molecule is Cc1ccccc1CS[C@@H](C)C(=O)Nc1ccc([N+](=O)[O-])cc1C(F)(F)F. The van der Waals surface area contributed by atoms with Crippen molar-refractivity contribution in [1.82, 2.24) is 0 Å². The van der Waals surface area contributed by atoms with Crippen LogP contribution >= 0.6 is 11.8 Å². The van der Waals surface area contributed by atoms with E-state index in [4.69, 9.17) is 0 Å². The molecule has 27 heavy (non-hydrogen) atoms. The highest BCUT2D eigenvalue weighted by molar-refractivity contribution is 7.99. The fraction of sp³-hybridized carbons (Fsp3) is 0.278. The number of aryl methyl sites for hydroxylation is 1. The number of hydrogen-bond donors (Lipinski definition) is 1. The Morgan fingerprint density at radius 2 is 1.93 bits per heavy atom. The van der Waals surface area contributed by atoms with E-state index in [1.165, 1.54) is 11.8 Å². The lowest BCUT2D eigenvalue weighted by atomic mass is 10.1. The second-order valence-corrected chi connectivity index (χ2v) is 7.18. The zero-order valence-electron chi connectivity index (χ0n) is 14.5. The van der Waals surface area contributed by atoms with E-state index in [0.717, 1.165) is 23.3 Å². The van der Waals surface area contributed by atoms with Gasteiger partial charge in [0.05, 0.1) is 21.4 Å². The first-order valence-electron chi connectivity index (χ1n) is 7.92. The smallest absolute Gasteiger partial charge is 0.325 e. The molecule has 0 saturated carbocycles. The number of carbonyl (C=O) groups is 1. The molecule has 1 amide bonds. The maximum absolute atomic E-state index is 13.2. The summed E-state index contributed by atoms with van der Waals surface area (Å²) in [6.45, 7) is 3.53. The standard InChI is InChI=1S/C18H17F3N2O3S/c1-11-5-3-4-6-13(11)10-27-12(2)17(24)22-16-8-7-14(23(25)26)9-15(16)18(19,20)21/h3-9,12H,10H2,1-2H3,(H,22,24)/t12-/m0/s1. The van der Waals surface area contributed by atoms with Crippen molar-refractivity contribution in [3.05, 3.63) is 69.3 Å². The summed E-state index contributed by atoms with van der Waals surface area (Å²) in [5.74, 6) is -0.0684. The number of nitrogens with one attached hydrogen (secondary N) is 1. The molecule has 0 saturated heterocycles. The maximum Gasteiger partial charge on any atom is 0.418 e. The molecule has 0 heterocycles. The van der Waals surface area contributed by atoms with Gasteiger partial charge in [-0.3, -0.25) is 14.9 Å². The van der Waals surface area contributed by atoms with Crippen LogP contribution in [0.1, 0.15) is 23.6 Å². The van der Waals surface area contributed by atoms with Gasteiger partial charge in [0.2, 0.25) is 5.91 Å². The lowest BCUT2D eigenvalue weighted by Gasteiger charge is -2.16. The number of nitro benzene ring substituents is 1. The van der Waals surface area contributed by atoms with Gasteiger partial charge >= 0.3 is 6.18 Å². The summed E-state index contributed by atoms with van der Waals surface area (Å²) in [6, 6.07) is 9.87. The first-order valence-corrected chi connectivity index (χ1v) is 8.97. The third-order valence-electron chi connectivity index (χ3n) is 3.90. The number of nitro groups is 1. The van der Waals surface area contributed by atoms with Crippen LogP contribution in [-0.4, -0.2) is 16.1 Å². The minimum absolute atomic E-state index is 0.417. The lowest BCUT2D eigenvalue weighted by molar-refractivity contribution is -0.385. The van der Waals surface area contributed by atoms with Gasteiger partial charge in [-0.25, -0.2) is 0 Å². The van der Waals surface area contributed by atoms with Crippen molar-refractivity contribution < 1.29 is 22.9 Å². The first-order chi connectivity index (χ1) is 12.6. The molecular formula is C18H17F3N2O3S. The van der Waals surface area contributed by atoms with Crippen LogP contribution in [-0.2, 0) is 16.7 Å². The number of alkyl halides is 3. The topological polar surface area (TPSA) is 72.2 Å². The molecule has 0 radical (unpaired) electrons. The summed E-state index contributed by atoms with van der Waals surface area (Å²) < 4.78 is 39.5. The normalized spacial score (nSPS) is 12.5. The molecule has 0 fully saturated rings. The quantitative estimate of drug-likeness (QED) is 0.537. The van der Waals surface area contributed by atoms with Crippen LogP contribution in [0.4, 0.5) is 24.5 Å². The Labute approximate surface area is 158 Å². The molecule has 5 nitrogen and oxygen atoms in total. The van der Waals surface area contributed by atoms with Gasteiger partial charge in [0.25, 0.3) is 5.69 Å². The third-order valence-corrected chi connectivity index (χ3v) is 5.09. The third kappa shape index (κ3) is 5.46. The minimum Gasteiger partial charge on any atom is -0.325 e. The van der Waals surface area contributed by atoms with Crippen molar-refractivity contribution in [3.63, 3.8) is 0 Å². The summed E-state index contributed by atoms with van der Waals surface area (Å²) in [5, 5.41) is 12.3. The number of nitrogens with zero attached hydrogens (tertiary/aromatic N) is 1. The van der Waals surface area contributed by atoms with Crippen molar-refractivity contribution in [2.45, 2.75) is 31.0 Å². The van der Waals surface area contributed by atoms with Crippen molar-refractivity contribution in [2.75, 3.05) is 5.32 Å². The van der Waals surface area contributed by atoms with Crippen LogP contribution in [0.25, 0.3) is 0 Å². The summed E-state index contributed by atoms with van der Waals surface area (Å²) >= 11 is 1.29. The van der Waals surface area contributed by atoms with Gasteiger partial charge in [0.15, 0.2) is 0 Å². The Balaban J connectivity index is 2.12. The highest BCUT2D eigenvalue weighted by atomic mass is 32.2. The Morgan fingerprint density at radius 1 is 1.26 bits per heavy atom. The number of halogens is 3. The molecule has 2 aromatic rings. The molecule has 144 valence electrons. The highest BCUT2D eigenvalue weighted by Gasteiger charge is 2.36. The number of benzene rings is 2. The molecule has 2 rings (SSSR count). The van der Waals surface area contributed by atoms with Crippen LogP contribution in [0.2, 0.25) is 0 Å². The average molecular weight is 398 g/mol. The zero-order chi connectivity index (χ0) is 20.2. The summed E-state index contributed by atoms with van der Waals surface area (Å²) in [5.41, 5.74) is -0.342. The van der Waals surface area contributed by atoms with Crippen molar-refractivity contribution >= 4 is 29.0 Å². The molecule has 0 unspecified atom stereocenters. The van der Waals surface area contributed by atoms with E-state index in [1.54, 1.807) is 6.92 Å². The largest absolute Gasteiger partial charge is 0.418 e. The summed E-state index contributed by atoms with van der Waals surface area (Å²) in [6.07, 6.45) is -4.83. The van der Waals surface area contributed by atoms with Crippen molar-refractivity contribution in [3.8, 4) is 0 Å². The van der Waals surface area contributed by atoms with Crippen LogP contribution in [0.3, 0.4) is 0 Å². The van der Waals surface area contributed by atoms with Crippen LogP contribution < -0.4 is 5.32 Å². The zero-order valence-corrected chi connectivity index (χ0v) is 15.4. The second-order valence-electron chi connectivity index (χ2n) is 5.85. The van der Waals surface area contributed by atoms with Gasteiger partial charge in [0, 0.05) is 17.9 Å². The number of thioether (sulfide) groups is 1. The number of carbonyl (C=O) groups excluding carboxylic acids is 1. The Kier molecular flexibility index (Phi) is 6.48. The number of hydrogen-bond acceptors (Lipinski definition) is 4. The van der Waals surface area contributed by atoms with Crippen LogP contribution in [0.5, 0.6) is 0 Å². The minimum atomic E-state index is -4.83. The number of non-ortho nitro benzene ring substituents is 1. The van der Waals surface area contributed by atoms with E-state index in [2.05, 4.69) is 5.32 Å². The Hall–Kier alpha value is -2.55. The van der Waals surface area contributed by atoms with Gasteiger partial charge in [0.1, 0.15) is 0 Å². The average Bonchev–Trinajstić information content (AvgIpc) is 2.59. The molecule has 0 aliphatic heterocycles. The van der Waals surface area contributed by atoms with E-state index in [-0.39, 0.29) is 0 Å². The Bertz CT molecular complexity index is 856. The molecular weight excluding hydrogens is 381 g/mol. The molecule has 1 atom stereocenters. The first kappa shape index (κ1) is 20.8. The van der Waals surface area contributed by atoms with E-state index in [1.807, 2.05) is 31.2 Å². The predicted molar refractivity (Wildman–Crippen MR) is 98.7 cm³/mol. The molecule has 0 aromatic heterocycles. The van der Waals surface area contributed by atoms with E-state index in [0.29, 0.717) is 11.8 Å². The van der Waals surface area contributed by atoms with Crippen molar-refractivity contribution in [1.29, 1.82) is 0 Å². The lowest BCUT2D eigenvalue weighted by Crippen LogP contribution is -2.24. The van der Waals surface area contributed by atoms with Gasteiger partial charge in [-0.15, -0.1) is 11.8 Å². The van der Waals surface area contributed by atoms with Gasteiger partial charge < -0.3 is 5.32 Å². The molecule has 9 heteroatoms. The van der Waals surface area contributed by atoms with E-state index >= 15 is 0 Å². The van der Waals surface area contributed by atoms with Gasteiger partial charge in [-0.2, -0.15) is 13.2 Å². The summed E-state index contributed by atoms with van der Waals surface area (Å²) in [4.78, 5) is 22.1. The van der Waals surface area contributed by atoms with Crippen LogP contribution in [0, 0.1) is 17.0 Å². The number of anilines is 1. The molecule has 0 aliphatic rings. The maximum atomic E-state index is 13.2. The van der Waals surface area contributed by atoms with Crippen LogP contribution in [0.15, 0.2) is 42.5 Å². The molecule has 1 N–H and O–H groups in total. The highest BCUT2D eigenvalue weighted by Crippen LogP contribution is 2.37.